The number of hydrogen-bond acceptors (Lipinski definition) is 3. The molecule has 1 saturated carbocycles. The van der Waals surface area contributed by atoms with Crippen LogP contribution in [0.1, 0.15) is 31.2 Å². The molecule has 1 aromatic heterocycles. The Morgan fingerprint density at radius 3 is 2.88 bits per heavy atom. The van der Waals surface area contributed by atoms with E-state index >= 15 is 0 Å². The van der Waals surface area contributed by atoms with Gasteiger partial charge in [-0.2, -0.15) is 0 Å². The van der Waals surface area contributed by atoms with E-state index in [2.05, 4.69) is 39.2 Å². The molecule has 1 aromatic rings. The Kier molecular flexibility index (Phi) is 3.82. The van der Waals surface area contributed by atoms with Crippen LogP contribution in [0.15, 0.2) is 16.7 Å². The summed E-state index contributed by atoms with van der Waals surface area (Å²) in [4.78, 5) is 4.35. The SMILES string of the molecule is Cc1cc(NC2CCCCC2N)ncc1Br. The van der Waals surface area contributed by atoms with Crippen LogP contribution in [0, 0.1) is 6.92 Å². The van der Waals surface area contributed by atoms with Crippen LogP contribution in [0.25, 0.3) is 0 Å². The van der Waals surface area contributed by atoms with Crippen molar-refractivity contribution < 1.29 is 0 Å². The monoisotopic (exact) mass is 283 g/mol. The van der Waals surface area contributed by atoms with E-state index in [0.717, 1.165) is 23.1 Å². The minimum Gasteiger partial charge on any atom is -0.366 e. The standard InChI is InChI=1S/C12H18BrN3/c1-8-6-12(15-7-9(8)13)16-11-5-3-2-4-10(11)14/h6-7,10-11H,2-5,14H2,1H3,(H,15,16). The smallest absolute Gasteiger partial charge is 0.126 e. The fourth-order valence-electron chi connectivity index (χ4n) is 2.15. The summed E-state index contributed by atoms with van der Waals surface area (Å²) >= 11 is 3.45. The minimum atomic E-state index is 0.263. The number of nitrogens with one attached hydrogen (secondary N) is 1. The lowest BCUT2D eigenvalue weighted by Gasteiger charge is -2.29. The molecule has 4 heteroatoms. The molecule has 0 spiro atoms. The van der Waals surface area contributed by atoms with E-state index in [1.54, 1.807) is 0 Å². The van der Waals surface area contributed by atoms with Gasteiger partial charge in [0.1, 0.15) is 5.82 Å². The Bertz CT molecular complexity index is 367. The second-order valence-corrected chi connectivity index (χ2v) is 5.37. The number of aromatic nitrogens is 1. The number of halogens is 1. The fourth-order valence-corrected chi connectivity index (χ4v) is 2.36. The second-order valence-electron chi connectivity index (χ2n) is 4.52. The molecule has 0 radical (unpaired) electrons. The summed E-state index contributed by atoms with van der Waals surface area (Å²) in [7, 11) is 0. The number of pyridine rings is 1. The average molecular weight is 284 g/mol. The first-order chi connectivity index (χ1) is 7.66. The van der Waals surface area contributed by atoms with Crippen molar-refractivity contribution >= 4 is 21.7 Å². The zero-order chi connectivity index (χ0) is 11.5. The number of anilines is 1. The molecule has 2 rings (SSSR count). The molecule has 1 heterocycles. The molecule has 3 N–H and O–H groups in total. The quantitative estimate of drug-likeness (QED) is 0.878. The summed E-state index contributed by atoms with van der Waals surface area (Å²) in [5, 5.41) is 3.44. The molecule has 16 heavy (non-hydrogen) atoms. The van der Waals surface area contributed by atoms with Gasteiger partial charge in [0.15, 0.2) is 0 Å². The van der Waals surface area contributed by atoms with Crippen LogP contribution >= 0.6 is 15.9 Å². The topological polar surface area (TPSA) is 50.9 Å². The molecule has 0 aliphatic heterocycles. The summed E-state index contributed by atoms with van der Waals surface area (Å²) < 4.78 is 1.05. The van der Waals surface area contributed by atoms with E-state index in [9.17, 15) is 0 Å². The third kappa shape index (κ3) is 2.74. The number of nitrogens with zero attached hydrogens (tertiary/aromatic N) is 1. The van der Waals surface area contributed by atoms with Gasteiger partial charge >= 0.3 is 0 Å². The highest BCUT2D eigenvalue weighted by atomic mass is 79.9. The van der Waals surface area contributed by atoms with Gasteiger partial charge in [0, 0.05) is 22.8 Å². The van der Waals surface area contributed by atoms with Crippen LogP contribution in [-0.4, -0.2) is 17.1 Å². The van der Waals surface area contributed by atoms with Gasteiger partial charge in [-0.3, -0.25) is 0 Å². The van der Waals surface area contributed by atoms with Gasteiger partial charge in [-0.25, -0.2) is 4.98 Å². The molecule has 0 saturated heterocycles. The molecule has 2 unspecified atom stereocenters. The fraction of sp³-hybridized carbons (Fsp3) is 0.583. The summed E-state index contributed by atoms with van der Waals surface area (Å²) in [6, 6.07) is 2.70. The van der Waals surface area contributed by atoms with Crippen molar-refractivity contribution in [2.24, 2.45) is 5.73 Å². The van der Waals surface area contributed by atoms with E-state index in [4.69, 9.17) is 5.73 Å². The zero-order valence-electron chi connectivity index (χ0n) is 9.54. The van der Waals surface area contributed by atoms with E-state index in [-0.39, 0.29) is 6.04 Å². The van der Waals surface area contributed by atoms with Crippen molar-refractivity contribution in [2.45, 2.75) is 44.7 Å². The molecule has 1 fully saturated rings. The largest absolute Gasteiger partial charge is 0.366 e. The Morgan fingerprint density at radius 1 is 1.44 bits per heavy atom. The predicted molar refractivity (Wildman–Crippen MR) is 70.5 cm³/mol. The number of rotatable bonds is 2. The van der Waals surface area contributed by atoms with E-state index in [1.165, 1.54) is 18.4 Å². The van der Waals surface area contributed by atoms with Crippen molar-refractivity contribution in [3.8, 4) is 0 Å². The molecule has 0 amide bonds. The van der Waals surface area contributed by atoms with Gasteiger partial charge in [-0.15, -0.1) is 0 Å². The molecule has 0 bridgehead atoms. The molecule has 88 valence electrons. The van der Waals surface area contributed by atoms with Crippen LogP contribution in [0.2, 0.25) is 0 Å². The number of hydrogen-bond donors (Lipinski definition) is 2. The lowest BCUT2D eigenvalue weighted by molar-refractivity contribution is 0.403. The summed E-state index contributed by atoms with van der Waals surface area (Å²) in [6.07, 6.45) is 6.63. The number of aryl methyl sites for hydroxylation is 1. The van der Waals surface area contributed by atoms with E-state index in [1.807, 2.05) is 6.20 Å². The van der Waals surface area contributed by atoms with Gasteiger partial charge in [0.25, 0.3) is 0 Å². The van der Waals surface area contributed by atoms with Crippen LogP contribution in [0.3, 0.4) is 0 Å². The summed E-state index contributed by atoms with van der Waals surface area (Å²) in [5.41, 5.74) is 7.29. The van der Waals surface area contributed by atoms with Gasteiger partial charge in [0.2, 0.25) is 0 Å². The molecule has 1 aliphatic carbocycles. The zero-order valence-corrected chi connectivity index (χ0v) is 11.1. The molecular weight excluding hydrogens is 266 g/mol. The van der Waals surface area contributed by atoms with Crippen LogP contribution in [0.5, 0.6) is 0 Å². The first-order valence-electron chi connectivity index (χ1n) is 5.81. The van der Waals surface area contributed by atoms with Gasteiger partial charge in [0.05, 0.1) is 0 Å². The van der Waals surface area contributed by atoms with Crippen LogP contribution in [-0.2, 0) is 0 Å². The third-order valence-corrected chi connectivity index (χ3v) is 4.03. The van der Waals surface area contributed by atoms with Crippen LogP contribution in [0.4, 0.5) is 5.82 Å². The maximum Gasteiger partial charge on any atom is 0.126 e. The molecule has 0 aromatic carbocycles. The highest BCUT2D eigenvalue weighted by Crippen LogP contribution is 2.22. The van der Waals surface area contributed by atoms with E-state index in [0.29, 0.717) is 6.04 Å². The van der Waals surface area contributed by atoms with Crippen molar-refractivity contribution in [3.63, 3.8) is 0 Å². The number of nitrogens with two attached hydrogens (primary N) is 1. The van der Waals surface area contributed by atoms with Gasteiger partial charge < -0.3 is 11.1 Å². The normalized spacial score (nSPS) is 25.4. The summed E-state index contributed by atoms with van der Waals surface area (Å²) in [6.45, 7) is 2.07. The lowest BCUT2D eigenvalue weighted by Crippen LogP contribution is -2.42. The van der Waals surface area contributed by atoms with E-state index < -0.39 is 0 Å². The highest BCUT2D eigenvalue weighted by Gasteiger charge is 2.21. The lowest BCUT2D eigenvalue weighted by atomic mass is 9.91. The molecule has 2 atom stereocenters. The highest BCUT2D eigenvalue weighted by molar-refractivity contribution is 9.10. The van der Waals surface area contributed by atoms with Crippen molar-refractivity contribution in [1.29, 1.82) is 0 Å². The molecule has 3 nitrogen and oxygen atoms in total. The second kappa shape index (κ2) is 5.15. The Hall–Kier alpha value is -0.610. The first-order valence-corrected chi connectivity index (χ1v) is 6.60. The summed E-state index contributed by atoms with van der Waals surface area (Å²) in [5.74, 6) is 0.933. The van der Waals surface area contributed by atoms with Crippen molar-refractivity contribution in [1.82, 2.24) is 4.98 Å². The maximum atomic E-state index is 6.10. The van der Waals surface area contributed by atoms with Gasteiger partial charge in [-0.1, -0.05) is 12.8 Å². The minimum absolute atomic E-state index is 0.263. The first kappa shape index (κ1) is 11.9. The maximum absolute atomic E-state index is 6.10. The molecule has 1 aliphatic rings. The van der Waals surface area contributed by atoms with Crippen molar-refractivity contribution in [2.75, 3.05) is 5.32 Å². The van der Waals surface area contributed by atoms with Gasteiger partial charge in [-0.05, 0) is 47.3 Å². The Balaban J connectivity index is 2.05. The Morgan fingerprint density at radius 2 is 2.19 bits per heavy atom. The van der Waals surface area contributed by atoms with Crippen molar-refractivity contribution in [3.05, 3.63) is 22.3 Å². The molecular formula is C12H18BrN3. The predicted octanol–water partition coefficient (Wildman–Crippen LogP) is 2.83. The van der Waals surface area contributed by atoms with Crippen LogP contribution < -0.4 is 11.1 Å². The Labute approximate surface area is 105 Å². The average Bonchev–Trinajstić information content (AvgIpc) is 2.27. The third-order valence-electron chi connectivity index (χ3n) is 3.20.